The molecule has 0 aromatic heterocycles. The van der Waals surface area contributed by atoms with Gasteiger partial charge in [0.05, 0.1) is 6.04 Å². The van der Waals surface area contributed by atoms with E-state index in [2.05, 4.69) is 4.90 Å². The molecule has 6 nitrogen and oxygen atoms in total. The summed E-state index contributed by atoms with van der Waals surface area (Å²) in [7, 11) is 1.94. The summed E-state index contributed by atoms with van der Waals surface area (Å²) in [6.07, 6.45) is 4.49. The van der Waals surface area contributed by atoms with E-state index in [1.54, 1.807) is 12.2 Å². The lowest BCUT2D eigenvalue weighted by molar-refractivity contribution is -0.171. The highest BCUT2D eigenvalue weighted by Gasteiger charge is 2.69. The van der Waals surface area contributed by atoms with Gasteiger partial charge < -0.3 is 20.1 Å². The lowest BCUT2D eigenvalue weighted by atomic mass is 9.51. The molecule has 122 valence electrons. The molecule has 2 fully saturated rings. The minimum atomic E-state index is -2.11. The number of aliphatic hydroxyl groups is 3. The third kappa shape index (κ3) is 1.38. The van der Waals surface area contributed by atoms with E-state index in [1.165, 1.54) is 0 Å². The van der Waals surface area contributed by atoms with Gasteiger partial charge in [-0.2, -0.15) is 0 Å². The van der Waals surface area contributed by atoms with Crippen LogP contribution in [0.4, 0.5) is 0 Å². The molecular weight excluding hydrogens is 298 g/mol. The summed E-state index contributed by atoms with van der Waals surface area (Å²) in [5, 5.41) is 31.1. The molecule has 0 unspecified atom stereocenters. The van der Waals surface area contributed by atoms with Gasteiger partial charge in [0.15, 0.2) is 11.5 Å². The van der Waals surface area contributed by atoms with Crippen molar-refractivity contribution in [3.63, 3.8) is 0 Å². The number of nitrogens with zero attached hydrogens (tertiary/aromatic N) is 1. The predicted molar refractivity (Wildman–Crippen MR) is 78.9 cm³/mol. The summed E-state index contributed by atoms with van der Waals surface area (Å²) < 4.78 is 5.90. The first-order valence-corrected chi connectivity index (χ1v) is 8.06. The second-order valence-corrected chi connectivity index (χ2v) is 7.36. The molecule has 3 aliphatic carbocycles. The van der Waals surface area contributed by atoms with Crippen LogP contribution < -0.4 is 0 Å². The number of Topliss-reactive ketones (excluding diaryl/α,β-unsaturated/α-hetero) is 1. The number of likely N-dealkylation sites (tertiary alicyclic amines) is 1. The molecule has 2 heterocycles. The maximum absolute atomic E-state index is 13.0. The highest BCUT2D eigenvalue weighted by molar-refractivity contribution is 6.06. The average molecular weight is 317 g/mol. The van der Waals surface area contributed by atoms with Crippen LogP contribution in [-0.2, 0) is 9.53 Å². The number of piperidine rings is 1. The van der Waals surface area contributed by atoms with Crippen LogP contribution in [0.2, 0.25) is 0 Å². The largest absolute Gasteiger partial charge is 0.485 e. The van der Waals surface area contributed by atoms with Gasteiger partial charge in [-0.15, -0.1) is 0 Å². The maximum atomic E-state index is 13.0. The quantitative estimate of drug-likeness (QED) is 0.411. The molecule has 1 saturated heterocycles. The van der Waals surface area contributed by atoms with Crippen molar-refractivity contribution >= 4 is 5.78 Å². The Hall–Kier alpha value is -1.47. The van der Waals surface area contributed by atoms with Gasteiger partial charge in [-0.05, 0) is 20.0 Å². The summed E-state index contributed by atoms with van der Waals surface area (Å²) >= 11 is 0. The first kappa shape index (κ1) is 13.9. The van der Waals surface area contributed by atoms with Gasteiger partial charge in [0.2, 0.25) is 5.79 Å². The zero-order chi connectivity index (χ0) is 16.1. The van der Waals surface area contributed by atoms with Crippen LogP contribution in [0.3, 0.4) is 0 Å². The Morgan fingerprint density at radius 3 is 2.91 bits per heavy atom. The number of carbonyl (C=O) groups is 1. The van der Waals surface area contributed by atoms with Gasteiger partial charge in [-0.3, -0.25) is 9.69 Å². The first-order chi connectivity index (χ1) is 10.9. The Labute approximate surface area is 133 Å². The molecule has 0 amide bonds. The van der Waals surface area contributed by atoms with Crippen LogP contribution in [0.1, 0.15) is 12.8 Å². The van der Waals surface area contributed by atoms with Crippen molar-refractivity contribution in [3.05, 3.63) is 35.1 Å². The van der Waals surface area contributed by atoms with Crippen LogP contribution in [-0.4, -0.2) is 63.6 Å². The number of hydrogen-bond donors (Lipinski definition) is 3. The van der Waals surface area contributed by atoms with E-state index in [1.807, 2.05) is 13.1 Å². The third-order valence-electron chi connectivity index (χ3n) is 6.32. The van der Waals surface area contributed by atoms with Crippen molar-refractivity contribution in [1.29, 1.82) is 0 Å². The standard InChI is InChI=1S/C17H19NO5/c1-18-7-6-16-9-2-3-10(19)14(16)23-15-11(16)8(13(20)12(9)18)4-5-17(15,21)22/h2-4,9-10,12,14,19,21-22H,5-7H2,1H3/t9-,10-,12-,14-,16-/m0/s1. The third-order valence-corrected chi connectivity index (χ3v) is 6.32. The summed E-state index contributed by atoms with van der Waals surface area (Å²) in [4.78, 5) is 15.1. The normalized spacial score (nSPS) is 46.4. The van der Waals surface area contributed by atoms with E-state index in [0.717, 1.165) is 6.42 Å². The van der Waals surface area contributed by atoms with E-state index >= 15 is 0 Å². The number of likely N-dealkylation sites (N-methyl/N-ethyl adjacent to an activating group) is 1. The van der Waals surface area contributed by atoms with E-state index in [4.69, 9.17) is 4.74 Å². The fourth-order valence-corrected chi connectivity index (χ4v) is 5.33. The van der Waals surface area contributed by atoms with Gasteiger partial charge in [-0.25, -0.2) is 0 Å². The highest BCUT2D eigenvalue weighted by atomic mass is 16.6. The number of hydrogen-bond acceptors (Lipinski definition) is 6. The summed E-state index contributed by atoms with van der Waals surface area (Å²) in [5.41, 5.74) is 0.635. The molecule has 0 radical (unpaired) electrons. The fraction of sp³-hybridized carbons (Fsp3) is 0.588. The number of rotatable bonds is 0. The second kappa shape index (κ2) is 3.95. The molecule has 6 heteroatoms. The monoisotopic (exact) mass is 317 g/mol. The summed E-state index contributed by atoms with van der Waals surface area (Å²) in [6, 6.07) is -0.280. The van der Waals surface area contributed by atoms with Crippen molar-refractivity contribution < 1.29 is 24.9 Å². The first-order valence-electron chi connectivity index (χ1n) is 8.06. The Kier molecular flexibility index (Phi) is 2.39. The van der Waals surface area contributed by atoms with Crippen molar-refractivity contribution in [2.45, 2.75) is 36.9 Å². The molecule has 2 bridgehead atoms. The van der Waals surface area contributed by atoms with Crippen LogP contribution in [0.25, 0.3) is 0 Å². The number of ether oxygens (including phenoxy) is 1. The summed E-state index contributed by atoms with van der Waals surface area (Å²) in [5.74, 6) is -2.13. The zero-order valence-corrected chi connectivity index (χ0v) is 12.8. The zero-order valence-electron chi connectivity index (χ0n) is 12.8. The van der Waals surface area contributed by atoms with E-state index in [-0.39, 0.29) is 29.9 Å². The van der Waals surface area contributed by atoms with Crippen molar-refractivity contribution in [3.8, 4) is 0 Å². The topological polar surface area (TPSA) is 90.2 Å². The molecule has 5 rings (SSSR count). The lowest BCUT2D eigenvalue weighted by Crippen LogP contribution is -2.65. The second-order valence-electron chi connectivity index (χ2n) is 7.36. The number of carbonyl (C=O) groups excluding carboxylic acids is 1. The van der Waals surface area contributed by atoms with Gasteiger partial charge in [-0.1, -0.05) is 18.2 Å². The van der Waals surface area contributed by atoms with Crippen LogP contribution in [0.15, 0.2) is 35.1 Å². The molecule has 5 atom stereocenters. The molecule has 5 aliphatic rings. The minimum absolute atomic E-state index is 0.0149. The minimum Gasteiger partial charge on any atom is -0.485 e. The Morgan fingerprint density at radius 2 is 2.13 bits per heavy atom. The SMILES string of the molecule is CN1CC[C@]23C4=C5O[C@H]2[C@@H](O)C=C[C@H]3[C@H]1C(=O)C4=CCC5(O)O. The molecule has 3 N–H and O–H groups in total. The summed E-state index contributed by atoms with van der Waals surface area (Å²) in [6.45, 7) is 0.710. The number of ketones is 1. The lowest BCUT2D eigenvalue weighted by Gasteiger charge is -2.57. The average Bonchev–Trinajstić information content (AvgIpc) is 2.85. The van der Waals surface area contributed by atoms with Crippen LogP contribution >= 0.6 is 0 Å². The molecular formula is C17H19NO5. The molecule has 23 heavy (non-hydrogen) atoms. The van der Waals surface area contributed by atoms with Gasteiger partial charge >= 0.3 is 0 Å². The van der Waals surface area contributed by atoms with Gasteiger partial charge in [0.25, 0.3) is 0 Å². The van der Waals surface area contributed by atoms with Crippen molar-refractivity contribution in [1.82, 2.24) is 4.90 Å². The number of aliphatic hydroxyl groups excluding tert-OH is 1. The van der Waals surface area contributed by atoms with E-state index in [9.17, 15) is 20.1 Å². The van der Waals surface area contributed by atoms with E-state index in [0.29, 0.717) is 17.7 Å². The molecule has 0 aromatic carbocycles. The van der Waals surface area contributed by atoms with Crippen molar-refractivity contribution in [2.24, 2.45) is 11.3 Å². The molecule has 2 aliphatic heterocycles. The van der Waals surface area contributed by atoms with Gasteiger partial charge in [0.1, 0.15) is 12.2 Å². The van der Waals surface area contributed by atoms with Crippen LogP contribution in [0.5, 0.6) is 0 Å². The highest BCUT2D eigenvalue weighted by Crippen LogP contribution is 2.64. The smallest absolute Gasteiger partial charge is 0.226 e. The predicted octanol–water partition coefficient (Wildman–Crippen LogP) is -0.530. The molecule has 1 saturated carbocycles. The maximum Gasteiger partial charge on any atom is 0.226 e. The van der Waals surface area contributed by atoms with E-state index < -0.39 is 23.4 Å². The molecule has 0 aromatic rings. The Bertz CT molecular complexity index is 720. The van der Waals surface area contributed by atoms with Crippen LogP contribution in [0, 0.1) is 11.3 Å². The Balaban J connectivity index is 1.82. The molecule has 1 spiro atoms. The Morgan fingerprint density at radius 1 is 1.35 bits per heavy atom. The fourth-order valence-electron chi connectivity index (χ4n) is 5.33. The van der Waals surface area contributed by atoms with Gasteiger partial charge in [0, 0.05) is 28.9 Å². The van der Waals surface area contributed by atoms with Crippen molar-refractivity contribution in [2.75, 3.05) is 13.6 Å².